The number of ether oxygens (including phenoxy) is 1. The highest BCUT2D eigenvalue weighted by Gasteiger charge is 2.02. The van der Waals surface area contributed by atoms with E-state index in [-0.39, 0.29) is 0 Å². The average molecular weight is 425 g/mol. The van der Waals surface area contributed by atoms with Crippen molar-refractivity contribution in [1.82, 2.24) is 0 Å². The van der Waals surface area contributed by atoms with Gasteiger partial charge in [0, 0.05) is 8.04 Å². The summed E-state index contributed by atoms with van der Waals surface area (Å²) >= 11 is 5.79. The van der Waals surface area contributed by atoms with E-state index in [1.165, 1.54) is 14.3 Å². The lowest BCUT2D eigenvalue weighted by Crippen LogP contribution is -1.85. The Morgan fingerprint density at radius 2 is 1.47 bits per heavy atom. The molecule has 0 heterocycles. The van der Waals surface area contributed by atoms with Crippen molar-refractivity contribution in [2.75, 3.05) is 0 Å². The van der Waals surface area contributed by atoms with Gasteiger partial charge in [0.25, 0.3) is 0 Å². The molecule has 0 radical (unpaired) electrons. The van der Waals surface area contributed by atoms with Crippen molar-refractivity contribution in [2.24, 2.45) is 0 Å². The minimum Gasteiger partial charge on any atom is -0.457 e. The Balaban J connectivity index is 1.94. The summed E-state index contributed by atoms with van der Waals surface area (Å²) in [6.07, 6.45) is 0. The number of hydrogen-bond acceptors (Lipinski definition) is 1. The molecule has 3 heteroatoms. The van der Waals surface area contributed by atoms with Crippen molar-refractivity contribution < 1.29 is 4.74 Å². The van der Waals surface area contributed by atoms with E-state index in [0.717, 1.165) is 16.0 Å². The van der Waals surface area contributed by atoms with Gasteiger partial charge in [-0.15, -0.1) is 0 Å². The van der Waals surface area contributed by atoms with E-state index < -0.39 is 0 Å². The van der Waals surface area contributed by atoms with Crippen LogP contribution < -0.4 is 4.74 Å². The SMILES string of the molecule is Brc1cc(Oc2ccc3ccccc3c2)ccc1I. The van der Waals surface area contributed by atoms with Crippen molar-refractivity contribution >= 4 is 49.3 Å². The molecular formula is C16H10BrIO. The first kappa shape index (κ1) is 12.9. The standard InChI is InChI=1S/C16H10BrIO/c17-15-10-14(7-8-16(15)18)19-13-6-5-11-3-1-2-4-12(11)9-13/h1-10H. The van der Waals surface area contributed by atoms with Crippen LogP contribution in [0.25, 0.3) is 10.8 Å². The molecule has 0 atom stereocenters. The minimum absolute atomic E-state index is 0.836. The quantitative estimate of drug-likeness (QED) is 0.458. The summed E-state index contributed by atoms with van der Waals surface area (Å²) in [5.41, 5.74) is 0. The van der Waals surface area contributed by atoms with Gasteiger partial charge in [-0.25, -0.2) is 0 Å². The van der Waals surface area contributed by atoms with Gasteiger partial charge in [0.2, 0.25) is 0 Å². The van der Waals surface area contributed by atoms with Crippen molar-refractivity contribution in [3.8, 4) is 11.5 Å². The smallest absolute Gasteiger partial charge is 0.128 e. The fourth-order valence-corrected chi connectivity index (χ4v) is 2.60. The third-order valence-electron chi connectivity index (χ3n) is 2.85. The van der Waals surface area contributed by atoms with Crippen LogP contribution in [0.5, 0.6) is 11.5 Å². The third kappa shape index (κ3) is 2.92. The molecule has 0 aliphatic heterocycles. The Hall–Kier alpha value is -1.07. The van der Waals surface area contributed by atoms with E-state index >= 15 is 0 Å². The summed E-state index contributed by atoms with van der Waals surface area (Å²) in [4.78, 5) is 0. The van der Waals surface area contributed by atoms with Gasteiger partial charge >= 0.3 is 0 Å². The van der Waals surface area contributed by atoms with Crippen molar-refractivity contribution in [3.63, 3.8) is 0 Å². The maximum Gasteiger partial charge on any atom is 0.128 e. The van der Waals surface area contributed by atoms with E-state index in [4.69, 9.17) is 4.74 Å². The summed E-state index contributed by atoms with van der Waals surface area (Å²) in [5, 5.41) is 2.41. The van der Waals surface area contributed by atoms with Crippen LogP contribution in [0.3, 0.4) is 0 Å². The molecule has 0 amide bonds. The van der Waals surface area contributed by atoms with Crippen LogP contribution in [0.1, 0.15) is 0 Å². The zero-order chi connectivity index (χ0) is 13.2. The second-order valence-corrected chi connectivity index (χ2v) is 6.20. The number of rotatable bonds is 2. The minimum atomic E-state index is 0.836. The molecule has 0 aliphatic rings. The summed E-state index contributed by atoms with van der Waals surface area (Å²) in [6.45, 7) is 0. The molecule has 19 heavy (non-hydrogen) atoms. The highest BCUT2D eigenvalue weighted by Crippen LogP contribution is 2.29. The Morgan fingerprint density at radius 3 is 2.26 bits per heavy atom. The molecule has 3 rings (SSSR count). The number of fused-ring (bicyclic) bond motifs is 1. The molecule has 0 bridgehead atoms. The average Bonchev–Trinajstić information content (AvgIpc) is 2.43. The lowest BCUT2D eigenvalue weighted by atomic mass is 10.1. The number of benzene rings is 3. The number of hydrogen-bond donors (Lipinski definition) is 0. The zero-order valence-corrected chi connectivity index (χ0v) is 13.7. The molecule has 0 fully saturated rings. The van der Waals surface area contributed by atoms with Crippen molar-refractivity contribution in [3.05, 3.63) is 68.7 Å². The van der Waals surface area contributed by atoms with Gasteiger partial charge < -0.3 is 4.74 Å². The molecule has 0 saturated carbocycles. The first-order valence-electron chi connectivity index (χ1n) is 5.84. The molecule has 0 saturated heterocycles. The molecular weight excluding hydrogens is 415 g/mol. The summed E-state index contributed by atoms with van der Waals surface area (Å²) in [5.74, 6) is 1.69. The lowest BCUT2D eigenvalue weighted by Gasteiger charge is -2.08. The predicted molar refractivity (Wildman–Crippen MR) is 90.9 cm³/mol. The molecule has 1 nitrogen and oxygen atoms in total. The molecule has 0 unspecified atom stereocenters. The van der Waals surface area contributed by atoms with Gasteiger partial charge in [-0.3, -0.25) is 0 Å². The van der Waals surface area contributed by atoms with Crippen LogP contribution in [-0.2, 0) is 0 Å². The topological polar surface area (TPSA) is 9.23 Å². The molecule has 0 spiro atoms. The predicted octanol–water partition coefficient (Wildman–Crippen LogP) is 6.00. The van der Waals surface area contributed by atoms with Gasteiger partial charge in [-0.05, 0) is 79.6 Å². The van der Waals surface area contributed by atoms with Crippen molar-refractivity contribution in [1.29, 1.82) is 0 Å². The fourth-order valence-electron chi connectivity index (χ4n) is 1.91. The van der Waals surface area contributed by atoms with E-state index in [0.29, 0.717) is 0 Å². The first-order chi connectivity index (χ1) is 9.22. The first-order valence-corrected chi connectivity index (χ1v) is 7.71. The molecule has 0 aromatic heterocycles. The van der Waals surface area contributed by atoms with E-state index in [9.17, 15) is 0 Å². The second kappa shape index (κ2) is 5.51. The number of halogens is 2. The van der Waals surface area contributed by atoms with Crippen LogP contribution in [0, 0.1) is 3.57 Å². The van der Waals surface area contributed by atoms with Gasteiger partial charge in [-0.2, -0.15) is 0 Å². The van der Waals surface area contributed by atoms with Gasteiger partial charge in [0.1, 0.15) is 11.5 Å². The van der Waals surface area contributed by atoms with E-state index in [1.807, 2.05) is 36.4 Å². The van der Waals surface area contributed by atoms with E-state index in [1.54, 1.807) is 0 Å². The molecule has 3 aromatic rings. The fraction of sp³-hybridized carbons (Fsp3) is 0. The normalized spacial score (nSPS) is 10.6. The zero-order valence-electron chi connectivity index (χ0n) is 9.94. The van der Waals surface area contributed by atoms with Crippen LogP contribution in [-0.4, -0.2) is 0 Å². The van der Waals surface area contributed by atoms with Crippen LogP contribution in [0.4, 0.5) is 0 Å². The second-order valence-electron chi connectivity index (χ2n) is 4.19. The largest absolute Gasteiger partial charge is 0.457 e. The molecule has 94 valence electrons. The summed E-state index contributed by atoms with van der Waals surface area (Å²) in [6, 6.07) is 20.4. The lowest BCUT2D eigenvalue weighted by molar-refractivity contribution is 0.483. The third-order valence-corrected chi connectivity index (χ3v) is 5.19. The van der Waals surface area contributed by atoms with Gasteiger partial charge in [0.05, 0.1) is 0 Å². The summed E-state index contributed by atoms with van der Waals surface area (Å²) in [7, 11) is 0. The maximum absolute atomic E-state index is 5.89. The highest BCUT2D eigenvalue weighted by molar-refractivity contribution is 14.1. The van der Waals surface area contributed by atoms with Gasteiger partial charge in [0.15, 0.2) is 0 Å². The molecule has 0 N–H and O–H groups in total. The molecule has 0 aliphatic carbocycles. The van der Waals surface area contributed by atoms with E-state index in [2.05, 4.69) is 62.8 Å². The van der Waals surface area contributed by atoms with Gasteiger partial charge in [-0.1, -0.05) is 30.3 Å². The van der Waals surface area contributed by atoms with Crippen LogP contribution in [0.15, 0.2) is 65.1 Å². The highest BCUT2D eigenvalue weighted by atomic mass is 127. The molecule has 3 aromatic carbocycles. The Morgan fingerprint density at radius 1 is 0.789 bits per heavy atom. The Labute approximate surface area is 133 Å². The monoisotopic (exact) mass is 424 g/mol. The maximum atomic E-state index is 5.89. The Bertz CT molecular complexity index is 740. The van der Waals surface area contributed by atoms with Crippen LogP contribution in [0.2, 0.25) is 0 Å². The van der Waals surface area contributed by atoms with Crippen molar-refractivity contribution in [2.45, 2.75) is 0 Å². The Kier molecular flexibility index (Phi) is 3.75. The summed E-state index contributed by atoms with van der Waals surface area (Å²) < 4.78 is 8.11. The van der Waals surface area contributed by atoms with Crippen LogP contribution >= 0.6 is 38.5 Å².